The summed E-state index contributed by atoms with van der Waals surface area (Å²) in [4.78, 5) is 15.2. The van der Waals surface area contributed by atoms with E-state index in [2.05, 4.69) is 26.8 Å². The highest BCUT2D eigenvalue weighted by Crippen LogP contribution is 2.25. The van der Waals surface area contributed by atoms with Crippen molar-refractivity contribution in [2.24, 2.45) is 5.92 Å². The first-order chi connectivity index (χ1) is 10.7. The van der Waals surface area contributed by atoms with Crippen molar-refractivity contribution in [1.29, 1.82) is 0 Å². The van der Waals surface area contributed by atoms with E-state index < -0.39 is 0 Å². The molecule has 0 spiro atoms. The van der Waals surface area contributed by atoms with E-state index in [1.165, 1.54) is 5.56 Å². The second-order valence-electron chi connectivity index (χ2n) is 5.95. The number of hydrogen-bond donors (Lipinski definition) is 1. The number of nitrogens with zero attached hydrogens (tertiary/aromatic N) is 4. The summed E-state index contributed by atoms with van der Waals surface area (Å²) in [5, 5.41) is 10.4. The summed E-state index contributed by atoms with van der Waals surface area (Å²) in [5.41, 5.74) is 3.41. The molecule has 0 aliphatic carbocycles. The van der Waals surface area contributed by atoms with Crippen LogP contribution in [-0.4, -0.2) is 39.3 Å². The van der Waals surface area contributed by atoms with Gasteiger partial charge in [-0.1, -0.05) is 6.92 Å². The van der Waals surface area contributed by atoms with E-state index in [0.717, 1.165) is 36.6 Å². The molecule has 0 saturated carbocycles. The first-order valence-corrected chi connectivity index (χ1v) is 7.81. The Morgan fingerprint density at radius 3 is 2.77 bits per heavy atom. The van der Waals surface area contributed by atoms with Crippen molar-refractivity contribution in [3.05, 3.63) is 47.5 Å². The van der Waals surface area contributed by atoms with Gasteiger partial charge in [-0.3, -0.25) is 4.98 Å². The van der Waals surface area contributed by atoms with Gasteiger partial charge >= 0.3 is 0 Å². The van der Waals surface area contributed by atoms with Crippen LogP contribution in [0.15, 0.2) is 30.7 Å². The summed E-state index contributed by atoms with van der Waals surface area (Å²) in [6, 6.07) is 4.01. The standard InChI is InChI=1S/C17H22N4O/c1-3-15-12(2)9-19-17(20-15)21-10-14(16(22)11-21)8-13-4-6-18-7-5-13/h4-7,9,14,16,22H,3,8,10-11H2,1-2H3/t14-,16-/m1/s1. The fraction of sp³-hybridized carbons (Fsp3) is 0.471. The number of pyridine rings is 1. The van der Waals surface area contributed by atoms with Crippen LogP contribution in [0.3, 0.4) is 0 Å². The number of β-amino-alcohol motifs (C(OH)–C–C–N with tert-alkyl or cyclic N) is 1. The fourth-order valence-corrected chi connectivity index (χ4v) is 3.02. The lowest BCUT2D eigenvalue weighted by Gasteiger charge is -2.17. The molecule has 0 unspecified atom stereocenters. The first-order valence-electron chi connectivity index (χ1n) is 7.81. The molecular weight excluding hydrogens is 276 g/mol. The normalized spacial score (nSPS) is 21.3. The van der Waals surface area contributed by atoms with Crippen LogP contribution in [0.5, 0.6) is 0 Å². The molecule has 116 valence electrons. The minimum atomic E-state index is -0.344. The summed E-state index contributed by atoms with van der Waals surface area (Å²) >= 11 is 0. The highest BCUT2D eigenvalue weighted by Gasteiger charge is 2.32. The van der Waals surface area contributed by atoms with Crippen molar-refractivity contribution in [3.8, 4) is 0 Å². The monoisotopic (exact) mass is 298 g/mol. The van der Waals surface area contributed by atoms with E-state index in [1.807, 2.05) is 25.3 Å². The Labute approximate surface area is 131 Å². The average Bonchev–Trinajstić information content (AvgIpc) is 2.90. The van der Waals surface area contributed by atoms with Crippen LogP contribution >= 0.6 is 0 Å². The van der Waals surface area contributed by atoms with Gasteiger partial charge in [-0.2, -0.15) is 0 Å². The van der Waals surface area contributed by atoms with Gasteiger partial charge in [0.15, 0.2) is 0 Å². The molecule has 2 aromatic rings. The van der Waals surface area contributed by atoms with Crippen molar-refractivity contribution < 1.29 is 5.11 Å². The number of hydrogen-bond acceptors (Lipinski definition) is 5. The molecule has 5 heteroatoms. The topological polar surface area (TPSA) is 62.1 Å². The number of aromatic nitrogens is 3. The Morgan fingerprint density at radius 2 is 2.05 bits per heavy atom. The van der Waals surface area contributed by atoms with Crippen LogP contribution in [0.25, 0.3) is 0 Å². The van der Waals surface area contributed by atoms with E-state index in [9.17, 15) is 5.11 Å². The molecule has 3 heterocycles. The maximum Gasteiger partial charge on any atom is 0.225 e. The van der Waals surface area contributed by atoms with Gasteiger partial charge in [0, 0.05) is 43.3 Å². The highest BCUT2D eigenvalue weighted by atomic mass is 16.3. The van der Waals surface area contributed by atoms with Crippen LogP contribution in [0.1, 0.15) is 23.7 Å². The van der Waals surface area contributed by atoms with E-state index in [4.69, 9.17) is 0 Å². The zero-order valence-corrected chi connectivity index (χ0v) is 13.1. The molecule has 1 aliphatic rings. The zero-order valence-electron chi connectivity index (χ0n) is 13.1. The predicted molar refractivity (Wildman–Crippen MR) is 85.8 cm³/mol. The van der Waals surface area contributed by atoms with Crippen molar-refractivity contribution >= 4 is 5.95 Å². The molecule has 22 heavy (non-hydrogen) atoms. The van der Waals surface area contributed by atoms with Crippen LogP contribution in [0.4, 0.5) is 5.95 Å². The van der Waals surface area contributed by atoms with E-state index in [-0.39, 0.29) is 12.0 Å². The maximum absolute atomic E-state index is 10.4. The van der Waals surface area contributed by atoms with Crippen molar-refractivity contribution in [3.63, 3.8) is 0 Å². The van der Waals surface area contributed by atoms with Crippen LogP contribution in [0.2, 0.25) is 0 Å². The number of rotatable bonds is 4. The van der Waals surface area contributed by atoms with Crippen molar-refractivity contribution in [2.75, 3.05) is 18.0 Å². The summed E-state index contributed by atoms with van der Waals surface area (Å²) in [7, 11) is 0. The molecule has 3 rings (SSSR count). The molecular formula is C17H22N4O. The lowest BCUT2D eigenvalue weighted by Crippen LogP contribution is -2.23. The molecule has 0 bridgehead atoms. The largest absolute Gasteiger partial charge is 0.391 e. The van der Waals surface area contributed by atoms with Crippen molar-refractivity contribution in [1.82, 2.24) is 15.0 Å². The van der Waals surface area contributed by atoms with Gasteiger partial charge in [0.1, 0.15) is 0 Å². The van der Waals surface area contributed by atoms with Gasteiger partial charge in [0.2, 0.25) is 5.95 Å². The zero-order chi connectivity index (χ0) is 15.5. The van der Waals surface area contributed by atoms with Gasteiger partial charge in [-0.25, -0.2) is 9.97 Å². The third-order valence-corrected chi connectivity index (χ3v) is 4.34. The van der Waals surface area contributed by atoms with Crippen LogP contribution < -0.4 is 4.90 Å². The fourth-order valence-electron chi connectivity index (χ4n) is 3.02. The SMILES string of the molecule is CCc1nc(N2C[C@@H](Cc3ccncc3)[C@H](O)C2)ncc1C. The highest BCUT2D eigenvalue weighted by molar-refractivity contribution is 5.35. The number of aliphatic hydroxyl groups is 1. The summed E-state index contributed by atoms with van der Waals surface area (Å²) in [6.07, 6.45) is 6.88. The Kier molecular flexibility index (Phi) is 4.34. The molecule has 0 aromatic carbocycles. The van der Waals surface area contributed by atoms with Gasteiger partial charge in [-0.05, 0) is 43.0 Å². The Hall–Kier alpha value is -2.01. The summed E-state index contributed by atoms with van der Waals surface area (Å²) in [6.45, 7) is 5.52. The quantitative estimate of drug-likeness (QED) is 0.932. The lowest BCUT2D eigenvalue weighted by molar-refractivity contribution is 0.148. The molecule has 0 radical (unpaired) electrons. The molecule has 1 aliphatic heterocycles. The Balaban J connectivity index is 1.73. The molecule has 2 atom stereocenters. The van der Waals surface area contributed by atoms with Gasteiger partial charge in [-0.15, -0.1) is 0 Å². The predicted octanol–water partition coefficient (Wildman–Crippen LogP) is 1.78. The summed E-state index contributed by atoms with van der Waals surface area (Å²) in [5.74, 6) is 0.941. The second-order valence-corrected chi connectivity index (χ2v) is 5.95. The molecule has 0 amide bonds. The molecule has 1 saturated heterocycles. The summed E-state index contributed by atoms with van der Waals surface area (Å²) < 4.78 is 0. The van der Waals surface area contributed by atoms with E-state index >= 15 is 0 Å². The molecule has 2 aromatic heterocycles. The molecule has 1 N–H and O–H groups in total. The number of aliphatic hydroxyl groups excluding tert-OH is 1. The third kappa shape index (κ3) is 3.09. The number of anilines is 1. The Bertz CT molecular complexity index is 632. The van der Waals surface area contributed by atoms with Gasteiger partial charge in [0.05, 0.1) is 6.10 Å². The number of aryl methyl sites for hydroxylation is 2. The van der Waals surface area contributed by atoms with Crippen LogP contribution in [0, 0.1) is 12.8 Å². The second kappa shape index (κ2) is 6.40. The maximum atomic E-state index is 10.4. The third-order valence-electron chi connectivity index (χ3n) is 4.34. The average molecular weight is 298 g/mol. The van der Waals surface area contributed by atoms with Crippen LogP contribution in [-0.2, 0) is 12.8 Å². The molecule has 5 nitrogen and oxygen atoms in total. The Morgan fingerprint density at radius 1 is 1.27 bits per heavy atom. The minimum Gasteiger partial charge on any atom is -0.391 e. The van der Waals surface area contributed by atoms with E-state index in [1.54, 1.807) is 12.4 Å². The molecule has 1 fully saturated rings. The van der Waals surface area contributed by atoms with Gasteiger partial charge in [0.25, 0.3) is 0 Å². The van der Waals surface area contributed by atoms with E-state index in [0.29, 0.717) is 6.54 Å². The van der Waals surface area contributed by atoms with Gasteiger partial charge < -0.3 is 10.0 Å². The minimum absolute atomic E-state index is 0.206. The lowest BCUT2D eigenvalue weighted by atomic mass is 9.97. The van der Waals surface area contributed by atoms with Crippen molar-refractivity contribution in [2.45, 2.75) is 32.8 Å². The first kappa shape index (κ1) is 14.9. The smallest absolute Gasteiger partial charge is 0.225 e.